The highest BCUT2D eigenvalue weighted by molar-refractivity contribution is 6.05. The lowest BCUT2D eigenvalue weighted by atomic mass is 9.92. The van der Waals surface area contributed by atoms with Gasteiger partial charge in [0.2, 0.25) is 5.91 Å². The molecule has 1 N–H and O–H groups in total. The Labute approximate surface area is 214 Å². The van der Waals surface area contributed by atoms with Gasteiger partial charge in [-0.3, -0.25) is 14.4 Å². The number of aromatic nitrogens is 1. The van der Waals surface area contributed by atoms with Crippen molar-refractivity contribution in [3.05, 3.63) is 87.3 Å². The predicted octanol–water partition coefficient (Wildman–Crippen LogP) is 3.51. The molecule has 0 unspecified atom stereocenters. The number of anilines is 1. The van der Waals surface area contributed by atoms with Gasteiger partial charge in [-0.25, -0.2) is 8.78 Å². The monoisotopic (exact) mass is 533 g/mol. The van der Waals surface area contributed by atoms with Crippen LogP contribution in [0.15, 0.2) is 53.5 Å². The van der Waals surface area contributed by atoms with Crippen molar-refractivity contribution in [1.29, 1.82) is 0 Å². The first-order valence-corrected chi connectivity index (χ1v) is 11.4. The van der Waals surface area contributed by atoms with E-state index in [1.54, 1.807) is 13.1 Å². The fraction of sp³-hybridized carbons (Fsp3) is 0.269. The van der Waals surface area contributed by atoms with Gasteiger partial charge >= 0.3 is 6.61 Å². The molecule has 0 aliphatic carbocycles. The van der Waals surface area contributed by atoms with Crippen LogP contribution < -0.4 is 25.2 Å². The van der Waals surface area contributed by atoms with Crippen LogP contribution in [0.4, 0.5) is 23.2 Å². The maximum atomic E-state index is 15.1. The molecule has 2 amide bonds. The summed E-state index contributed by atoms with van der Waals surface area (Å²) in [5.41, 5.74) is -0.343. The molecule has 0 spiro atoms. The number of aryl methyl sites for hydroxylation is 2. The molecule has 38 heavy (non-hydrogen) atoms. The molecule has 0 radical (unpaired) electrons. The first-order valence-electron chi connectivity index (χ1n) is 11.4. The quantitative estimate of drug-likeness (QED) is 0.470. The summed E-state index contributed by atoms with van der Waals surface area (Å²) in [7, 11) is 2.74. The number of halogens is 4. The molecule has 1 aliphatic heterocycles. The van der Waals surface area contributed by atoms with Crippen LogP contribution in [0.25, 0.3) is 0 Å². The van der Waals surface area contributed by atoms with Gasteiger partial charge in [-0.05, 0) is 42.8 Å². The number of carbonyl (C=O) groups excluding carboxylic acids is 2. The Balaban J connectivity index is 1.73. The molecule has 2 atom stereocenters. The van der Waals surface area contributed by atoms with Crippen molar-refractivity contribution in [2.24, 2.45) is 7.05 Å². The number of nitrogens with zero attached hydrogens (tertiary/aromatic N) is 2. The number of methoxy groups -OCH3 is 1. The molecule has 12 heteroatoms. The second-order valence-corrected chi connectivity index (χ2v) is 8.73. The van der Waals surface area contributed by atoms with Crippen LogP contribution in [0, 0.1) is 18.6 Å². The summed E-state index contributed by atoms with van der Waals surface area (Å²) < 4.78 is 65.5. The van der Waals surface area contributed by atoms with E-state index in [1.165, 1.54) is 36.9 Å². The van der Waals surface area contributed by atoms with Crippen LogP contribution >= 0.6 is 0 Å². The SMILES string of the molecule is COc1cc(F)c([C@@H]2CN(c3cc(C)cn(C)c3=O)C(=O)[C@H]2NC(=O)c2ccc(OC(F)F)cc2)c(F)c1. The van der Waals surface area contributed by atoms with Gasteiger partial charge < -0.3 is 24.3 Å². The van der Waals surface area contributed by atoms with Gasteiger partial charge in [0.05, 0.1) is 7.11 Å². The average molecular weight is 533 g/mol. The lowest BCUT2D eigenvalue weighted by molar-refractivity contribution is -0.118. The van der Waals surface area contributed by atoms with Crippen molar-refractivity contribution in [2.45, 2.75) is 25.5 Å². The minimum Gasteiger partial charge on any atom is -0.497 e. The summed E-state index contributed by atoms with van der Waals surface area (Å²) in [4.78, 5) is 40.5. The Bertz CT molecular complexity index is 1420. The van der Waals surface area contributed by atoms with Gasteiger partial charge in [0.15, 0.2) is 0 Å². The number of nitrogens with one attached hydrogen (secondary N) is 1. The molecule has 2 heterocycles. The minimum atomic E-state index is -3.05. The van der Waals surface area contributed by atoms with Gasteiger partial charge in [0, 0.05) is 49.0 Å². The van der Waals surface area contributed by atoms with Gasteiger partial charge in [0.25, 0.3) is 11.5 Å². The zero-order valence-electron chi connectivity index (χ0n) is 20.5. The van der Waals surface area contributed by atoms with E-state index in [1.807, 2.05) is 0 Å². The van der Waals surface area contributed by atoms with E-state index < -0.39 is 53.1 Å². The van der Waals surface area contributed by atoms with Crippen LogP contribution in [-0.4, -0.2) is 42.7 Å². The molecule has 200 valence electrons. The van der Waals surface area contributed by atoms with Crippen LogP contribution in [0.2, 0.25) is 0 Å². The third-order valence-corrected chi connectivity index (χ3v) is 6.19. The minimum absolute atomic E-state index is 0.0120. The topological polar surface area (TPSA) is 89.9 Å². The zero-order valence-corrected chi connectivity index (χ0v) is 20.5. The van der Waals surface area contributed by atoms with Crippen molar-refractivity contribution in [2.75, 3.05) is 18.6 Å². The number of alkyl halides is 2. The molecule has 3 aromatic rings. The van der Waals surface area contributed by atoms with E-state index in [2.05, 4.69) is 10.1 Å². The van der Waals surface area contributed by atoms with E-state index in [0.717, 1.165) is 29.2 Å². The second-order valence-electron chi connectivity index (χ2n) is 8.73. The fourth-order valence-electron chi connectivity index (χ4n) is 4.47. The van der Waals surface area contributed by atoms with Crippen LogP contribution in [-0.2, 0) is 11.8 Å². The summed E-state index contributed by atoms with van der Waals surface area (Å²) in [6.45, 7) is -1.64. The highest BCUT2D eigenvalue weighted by Gasteiger charge is 2.46. The molecule has 2 aromatic carbocycles. The Morgan fingerprint density at radius 3 is 2.26 bits per heavy atom. The first-order chi connectivity index (χ1) is 18.0. The fourth-order valence-corrected chi connectivity index (χ4v) is 4.47. The maximum Gasteiger partial charge on any atom is 0.387 e. The van der Waals surface area contributed by atoms with Crippen LogP contribution in [0.5, 0.6) is 11.5 Å². The number of pyridine rings is 1. The van der Waals surface area contributed by atoms with Crippen molar-refractivity contribution >= 4 is 17.5 Å². The number of amides is 2. The lowest BCUT2D eigenvalue weighted by Gasteiger charge is -2.20. The summed E-state index contributed by atoms with van der Waals surface area (Å²) >= 11 is 0. The zero-order chi connectivity index (χ0) is 27.7. The number of rotatable bonds is 7. The van der Waals surface area contributed by atoms with E-state index in [-0.39, 0.29) is 29.3 Å². The Hall–Kier alpha value is -4.35. The average Bonchev–Trinajstić information content (AvgIpc) is 3.16. The lowest BCUT2D eigenvalue weighted by Crippen LogP contribution is -2.44. The molecule has 0 saturated carbocycles. The number of hydrogen-bond donors (Lipinski definition) is 1. The van der Waals surface area contributed by atoms with E-state index >= 15 is 8.78 Å². The Morgan fingerprint density at radius 1 is 1.05 bits per heavy atom. The van der Waals surface area contributed by atoms with Crippen LogP contribution in [0.1, 0.15) is 27.4 Å². The Kier molecular flexibility index (Phi) is 7.42. The first kappa shape index (κ1) is 26.7. The predicted molar refractivity (Wildman–Crippen MR) is 129 cm³/mol. The van der Waals surface area contributed by atoms with Crippen molar-refractivity contribution in [3.8, 4) is 11.5 Å². The van der Waals surface area contributed by atoms with Gasteiger partial charge in [0.1, 0.15) is 34.9 Å². The third-order valence-electron chi connectivity index (χ3n) is 6.19. The van der Waals surface area contributed by atoms with Gasteiger partial charge in [-0.2, -0.15) is 8.78 Å². The number of carbonyl (C=O) groups is 2. The smallest absolute Gasteiger partial charge is 0.387 e. The van der Waals surface area contributed by atoms with Gasteiger partial charge in [-0.15, -0.1) is 0 Å². The van der Waals surface area contributed by atoms with Gasteiger partial charge in [-0.1, -0.05) is 0 Å². The molecule has 0 bridgehead atoms. The molecule has 8 nitrogen and oxygen atoms in total. The highest BCUT2D eigenvalue weighted by Crippen LogP contribution is 2.36. The Morgan fingerprint density at radius 2 is 1.68 bits per heavy atom. The third kappa shape index (κ3) is 5.20. The molecule has 1 aromatic heterocycles. The van der Waals surface area contributed by atoms with Crippen molar-refractivity contribution < 1.29 is 36.6 Å². The summed E-state index contributed by atoms with van der Waals surface area (Å²) in [5.74, 6) is -5.02. The molecule has 1 aliphatic rings. The normalized spacial score (nSPS) is 17.2. The number of benzene rings is 2. The second kappa shape index (κ2) is 10.6. The standard InChI is InChI=1S/C26H23F4N3O5/c1-13-8-20(24(35)32(2)11-13)33-12-17(21-18(27)9-16(37-3)10-19(21)28)22(25(33)36)31-23(34)14-4-6-15(7-5-14)38-26(29)30/h4-11,17,22,26H,12H2,1-3H3,(H,31,34)/t17-,22-/m0/s1. The molecule has 1 fully saturated rings. The number of hydrogen-bond acceptors (Lipinski definition) is 5. The van der Waals surface area contributed by atoms with Crippen molar-refractivity contribution in [1.82, 2.24) is 9.88 Å². The molecule has 4 rings (SSSR count). The van der Waals surface area contributed by atoms with E-state index in [9.17, 15) is 23.2 Å². The van der Waals surface area contributed by atoms with Crippen LogP contribution in [0.3, 0.4) is 0 Å². The molecular weight excluding hydrogens is 510 g/mol. The maximum absolute atomic E-state index is 15.1. The van der Waals surface area contributed by atoms with E-state index in [0.29, 0.717) is 5.56 Å². The summed E-state index contributed by atoms with van der Waals surface area (Å²) in [5, 5.41) is 2.49. The molecule has 1 saturated heterocycles. The molecular formula is C26H23F4N3O5. The number of ether oxygens (including phenoxy) is 2. The van der Waals surface area contributed by atoms with E-state index in [4.69, 9.17) is 4.74 Å². The highest BCUT2D eigenvalue weighted by atomic mass is 19.3. The largest absolute Gasteiger partial charge is 0.497 e. The summed E-state index contributed by atoms with van der Waals surface area (Å²) in [6.07, 6.45) is 1.56. The summed E-state index contributed by atoms with van der Waals surface area (Å²) in [6, 6.07) is 6.61. The van der Waals surface area contributed by atoms with Crippen molar-refractivity contribution in [3.63, 3.8) is 0 Å².